The van der Waals surface area contributed by atoms with Crippen LogP contribution in [0, 0.1) is 18.6 Å². The third-order valence-electron chi connectivity index (χ3n) is 4.82. The number of nitrogens with one attached hydrogen (secondary N) is 2. The first-order valence-electron chi connectivity index (χ1n) is 9.57. The monoisotopic (exact) mass is 422 g/mol. The highest BCUT2D eigenvalue weighted by Crippen LogP contribution is 2.37. The second-order valence-electron chi connectivity index (χ2n) is 6.94. The van der Waals surface area contributed by atoms with Gasteiger partial charge < -0.3 is 10.3 Å². The van der Waals surface area contributed by atoms with Gasteiger partial charge in [-0.05, 0) is 30.7 Å². The van der Waals surface area contributed by atoms with Crippen LogP contribution in [0.5, 0.6) is 0 Å². The van der Waals surface area contributed by atoms with Gasteiger partial charge in [0, 0.05) is 28.1 Å². The zero-order valence-electron chi connectivity index (χ0n) is 16.3. The Morgan fingerprint density at radius 3 is 2.40 bits per heavy atom. The first-order chi connectivity index (χ1) is 14.5. The highest BCUT2D eigenvalue weighted by Gasteiger charge is 2.17. The lowest BCUT2D eigenvalue weighted by atomic mass is 10.1. The van der Waals surface area contributed by atoms with Gasteiger partial charge in [0.15, 0.2) is 0 Å². The van der Waals surface area contributed by atoms with E-state index >= 15 is 0 Å². The fourth-order valence-electron chi connectivity index (χ4n) is 3.31. The number of amides is 1. The number of fused-ring (bicyclic) bond motifs is 1. The fourth-order valence-corrected chi connectivity index (χ4v) is 4.37. The predicted molar refractivity (Wildman–Crippen MR) is 118 cm³/mol. The van der Waals surface area contributed by atoms with Crippen molar-refractivity contribution < 1.29 is 13.6 Å². The summed E-state index contributed by atoms with van der Waals surface area (Å²) < 4.78 is 27.5. The SMILES string of the molecule is Cc1ccc(-c2[nH]c3ccccc3c2SCCNC(=O)c2c(F)cccc2F)cc1. The first kappa shape index (κ1) is 20.2. The van der Waals surface area contributed by atoms with Crippen LogP contribution in [0.4, 0.5) is 8.78 Å². The molecule has 2 N–H and O–H groups in total. The molecule has 1 aromatic heterocycles. The van der Waals surface area contributed by atoms with Crippen molar-refractivity contribution in [2.24, 2.45) is 0 Å². The predicted octanol–water partition coefficient (Wildman–Crippen LogP) is 5.94. The number of hydrogen-bond acceptors (Lipinski definition) is 2. The highest BCUT2D eigenvalue weighted by atomic mass is 32.2. The van der Waals surface area contributed by atoms with Crippen molar-refractivity contribution in [3.63, 3.8) is 0 Å². The minimum atomic E-state index is -0.863. The van der Waals surface area contributed by atoms with Crippen molar-refractivity contribution >= 4 is 28.6 Å². The number of thioether (sulfide) groups is 1. The molecule has 30 heavy (non-hydrogen) atoms. The molecule has 0 saturated carbocycles. The second kappa shape index (κ2) is 8.71. The first-order valence-corrected chi connectivity index (χ1v) is 10.6. The van der Waals surface area contributed by atoms with Crippen molar-refractivity contribution in [2.45, 2.75) is 11.8 Å². The molecule has 0 aliphatic rings. The van der Waals surface area contributed by atoms with E-state index in [4.69, 9.17) is 0 Å². The van der Waals surface area contributed by atoms with E-state index < -0.39 is 23.1 Å². The lowest BCUT2D eigenvalue weighted by Crippen LogP contribution is -2.27. The second-order valence-corrected chi connectivity index (χ2v) is 8.05. The fraction of sp³-hybridized carbons (Fsp3) is 0.125. The summed E-state index contributed by atoms with van der Waals surface area (Å²) in [5.41, 5.74) is 3.78. The lowest BCUT2D eigenvalue weighted by Gasteiger charge is -2.08. The van der Waals surface area contributed by atoms with Crippen LogP contribution in [0.15, 0.2) is 71.6 Å². The maximum atomic E-state index is 13.8. The van der Waals surface area contributed by atoms with E-state index in [1.54, 1.807) is 11.8 Å². The molecule has 0 bridgehead atoms. The average Bonchev–Trinajstić information content (AvgIpc) is 3.10. The third-order valence-corrected chi connectivity index (χ3v) is 5.94. The molecule has 3 nitrogen and oxygen atoms in total. The normalized spacial score (nSPS) is 11.0. The number of hydrogen-bond donors (Lipinski definition) is 2. The summed E-state index contributed by atoms with van der Waals surface area (Å²) in [5.74, 6) is -1.91. The van der Waals surface area contributed by atoms with Crippen molar-refractivity contribution in [2.75, 3.05) is 12.3 Å². The summed E-state index contributed by atoms with van der Waals surface area (Å²) in [7, 11) is 0. The lowest BCUT2D eigenvalue weighted by molar-refractivity contribution is 0.0948. The van der Waals surface area contributed by atoms with Gasteiger partial charge in [0.1, 0.15) is 17.2 Å². The van der Waals surface area contributed by atoms with Crippen LogP contribution < -0.4 is 5.32 Å². The molecule has 6 heteroatoms. The van der Waals surface area contributed by atoms with Crippen LogP contribution in [-0.4, -0.2) is 23.2 Å². The average molecular weight is 423 g/mol. The van der Waals surface area contributed by atoms with Crippen LogP contribution in [-0.2, 0) is 0 Å². The van der Waals surface area contributed by atoms with Gasteiger partial charge in [-0.1, -0.05) is 54.1 Å². The minimum absolute atomic E-state index is 0.282. The van der Waals surface area contributed by atoms with Gasteiger partial charge in [-0.3, -0.25) is 4.79 Å². The van der Waals surface area contributed by atoms with Crippen LogP contribution in [0.2, 0.25) is 0 Å². The van der Waals surface area contributed by atoms with E-state index in [1.165, 1.54) is 11.6 Å². The van der Waals surface area contributed by atoms with Crippen molar-refractivity contribution in [1.82, 2.24) is 10.3 Å². The van der Waals surface area contributed by atoms with E-state index in [1.807, 2.05) is 25.1 Å². The Hall–Kier alpha value is -3.12. The molecule has 1 heterocycles. The number of aromatic nitrogens is 1. The summed E-state index contributed by atoms with van der Waals surface area (Å²) in [5, 5.41) is 3.71. The molecule has 4 aromatic rings. The summed E-state index contributed by atoms with van der Waals surface area (Å²) in [6.45, 7) is 2.33. The van der Waals surface area contributed by atoms with Crippen LogP contribution in [0.1, 0.15) is 15.9 Å². The zero-order chi connectivity index (χ0) is 21.1. The largest absolute Gasteiger partial charge is 0.354 e. The molecule has 0 atom stereocenters. The van der Waals surface area contributed by atoms with E-state index in [-0.39, 0.29) is 6.54 Å². The van der Waals surface area contributed by atoms with Crippen LogP contribution in [0.25, 0.3) is 22.2 Å². The standard InChI is InChI=1S/C24H20F2N2OS/c1-15-9-11-16(12-10-15)22-23(17-5-2-3-8-20(17)28-22)30-14-13-27-24(29)21-18(25)6-4-7-19(21)26/h2-12,28H,13-14H2,1H3,(H,27,29). The maximum absolute atomic E-state index is 13.8. The van der Waals surface area contributed by atoms with Gasteiger partial charge in [0.05, 0.1) is 5.69 Å². The van der Waals surface area contributed by atoms with E-state index in [2.05, 4.69) is 40.6 Å². The topological polar surface area (TPSA) is 44.9 Å². The molecule has 0 fully saturated rings. The zero-order valence-corrected chi connectivity index (χ0v) is 17.2. The molecule has 0 saturated heterocycles. The van der Waals surface area contributed by atoms with Gasteiger partial charge in [0.2, 0.25) is 0 Å². The number of para-hydroxylation sites is 1. The third kappa shape index (κ3) is 4.09. The van der Waals surface area contributed by atoms with Crippen molar-refractivity contribution in [3.8, 4) is 11.3 Å². The summed E-state index contributed by atoms with van der Waals surface area (Å²) in [4.78, 5) is 16.7. The number of carbonyl (C=O) groups excluding carboxylic acids is 1. The Kier molecular flexibility index (Phi) is 5.86. The summed E-state index contributed by atoms with van der Waals surface area (Å²) in [6, 6.07) is 19.7. The number of H-pyrrole nitrogens is 1. The van der Waals surface area contributed by atoms with Gasteiger partial charge >= 0.3 is 0 Å². The Balaban J connectivity index is 1.51. The molecule has 4 rings (SSSR count). The molecule has 0 radical (unpaired) electrons. The molecule has 3 aromatic carbocycles. The van der Waals surface area contributed by atoms with Crippen LogP contribution >= 0.6 is 11.8 Å². The number of benzene rings is 3. The van der Waals surface area contributed by atoms with Crippen molar-refractivity contribution in [3.05, 3.63) is 89.5 Å². The smallest absolute Gasteiger partial charge is 0.257 e. The number of aryl methyl sites for hydroxylation is 1. The Labute approximate surface area is 177 Å². The molecule has 152 valence electrons. The van der Waals surface area contributed by atoms with Crippen LogP contribution in [0.3, 0.4) is 0 Å². The molecule has 0 unspecified atom stereocenters. The molecule has 1 amide bonds. The highest BCUT2D eigenvalue weighted by molar-refractivity contribution is 7.99. The van der Waals surface area contributed by atoms with Gasteiger partial charge in [-0.25, -0.2) is 8.78 Å². The quantitative estimate of drug-likeness (QED) is 0.298. The van der Waals surface area contributed by atoms with E-state index in [9.17, 15) is 13.6 Å². The summed E-state index contributed by atoms with van der Waals surface area (Å²) >= 11 is 1.59. The summed E-state index contributed by atoms with van der Waals surface area (Å²) in [6.07, 6.45) is 0. The minimum Gasteiger partial charge on any atom is -0.354 e. The molecular weight excluding hydrogens is 402 g/mol. The number of carbonyl (C=O) groups is 1. The van der Waals surface area contributed by atoms with Gasteiger partial charge in [-0.15, -0.1) is 11.8 Å². The van der Waals surface area contributed by atoms with E-state index in [0.717, 1.165) is 39.2 Å². The number of rotatable bonds is 6. The Bertz CT molecular complexity index is 1180. The van der Waals surface area contributed by atoms with E-state index in [0.29, 0.717) is 5.75 Å². The maximum Gasteiger partial charge on any atom is 0.257 e. The molecule has 0 aliphatic carbocycles. The molecule has 0 spiro atoms. The number of halogens is 2. The molecule has 0 aliphatic heterocycles. The Morgan fingerprint density at radius 2 is 1.67 bits per heavy atom. The molecular formula is C24H20F2N2OS. The number of aromatic amines is 1. The Morgan fingerprint density at radius 1 is 0.967 bits per heavy atom. The van der Waals surface area contributed by atoms with Crippen molar-refractivity contribution in [1.29, 1.82) is 0 Å². The van der Waals surface area contributed by atoms with Gasteiger partial charge in [-0.2, -0.15) is 0 Å². The van der Waals surface area contributed by atoms with Gasteiger partial charge in [0.25, 0.3) is 5.91 Å².